The van der Waals surface area contributed by atoms with Gasteiger partial charge in [-0.2, -0.15) is 36.4 Å². The summed E-state index contributed by atoms with van der Waals surface area (Å²) in [6.07, 6.45) is 0. The number of hydrogen-bond donors (Lipinski definition) is 0. The van der Waals surface area contributed by atoms with Crippen LogP contribution in [0.2, 0.25) is 0 Å². The Labute approximate surface area is 133 Å². The van der Waals surface area contributed by atoms with Crippen molar-refractivity contribution in [3.8, 4) is 5.75 Å². The Balaban J connectivity index is 0.000000352. The second-order valence-corrected chi connectivity index (χ2v) is 3.22. The fourth-order valence-electron chi connectivity index (χ4n) is 1.02. The van der Waals surface area contributed by atoms with E-state index in [1.54, 1.807) is 12.1 Å². The van der Waals surface area contributed by atoms with Crippen LogP contribution in [0.4, 0.5) is 0 Å². The van der Waals surface area contributed by atoms with Gasteiger partial charge in [0.1, 0.15) is 12.4 Å². The van der Waals surface area contributed by atoms with Gasteiger partial charge in [0.15, 0.2) is 0 Å². The maximum Gasteiger partial charge on any atom is 0.119 e. The largest absolute Gasteiger partial charge is 0.489 e. The van der Waals surface area contributed by atoms with Crippen molar-refractivity contribution in [3.63, 3.8) is 0 Å². The molecule has 0 aliphatic carbocycles. The van der Waals surface area contributed by atoms with Crippen LogP contribution >= 0.6 is 0 Å². The van der Waals surface area contributed by atoms with Crippen LogP contribution in [0, 0.1) is 13.0 Å². The molecule has 0 saturated carbocycles. The minimum absolute atomic E-state index is 0. The number of rotatable bonds is 3. The molecule has 3 heteroatoms. The number of hydrogen-bond acceptors (Lipinski definition) is 2. The van der Waals surface area contributed by atoms with Crippen molar-refractivity contribution in [1.82, 2.24) is 0 Å². The molecule has 0 aliphatic heterocycles. The van der Waals surface area contributed by atoms with Gasteiger partial charge in [0.25, 0.3) is 0 Å². The van der Waals surface area contributed by atoms with Gasteiger partial charge in [-0.3, -0.25) is 0 Å². The molecule has 2 aromatic carbocycles. The minimum Gasteiger partial charge on any atom is -0.489 e. The first-order valence-corrected chi connectivity index (χ1v) is 5.23. The average molecular weight is 315 g/mol. The number of carbonyl (C=O) groups excluding carboxylic acids is 1. The van der Waals surface area contributed by atoms with Gasteiger partial charge in [-0.05, 0) is 12.1 Å². The first-order valence-electron chi connectivity index (χ1n) is 5.23. The summed E-state index contributed by atoms with van der Waals surface area (Å²) in [7, 11) is 0. The smallest absolute Gasteiger partial charge is 0.119 e. The molecule has 2 nitrogen and oxygen atoms in total. The standard InChI is InChI=1S/C9H9O2.C6H5.Y/c1-8(10)7-11-9-5-3-2-4-6-9;1-2-4-6-5-3-1;/h2-6H,1,7H2;1-5H;/q2*-1;. The van der Waals surface area contributed by atoms with Gasteiger partial charge < -0.3 is 16.5 Å². The molecule has 1 radical (unpaired) electrons. The van der Waals surface area contributed by atoms with E-state index in [0.29, 0.717) is 5.75 Å². The molecular formula is C15H14O2Y-2. The van der Waals surface area contributed by atoms with E-state index in [0.717, 1.165) is 0 Å². The molecule has 0 spiro atoms. The number of para-hydroxylation sites is 1. The first-order chi connectivity index (χ1) is 8.29. The van der Waals surface area contributed by atoms with E-state index >= 15 is 0 Å². The Bertz CT molecular complexity index is 388. The Morgan fingerprint density at radius 1 is 1.06 bits per heavy atom. The van der Waals surface area contributed by atoms with Gasteiger partial charge in [-0.25, -0.2) is 0 Å². The SMILES string of the molecule is [CH2-]C(=O)COc1ccccc1.[Y].[c-]1ccccc1. The fraction of sp³-hybridized carbons (Fsp3) is 0.0667. The summed E-state index contributed by atoms with van der Waals surface area (Å²) in [5.74, 6) is 0.485. The predicted octanol–water partition coefficient (Wildman–Crippen LogP) is 2.95. The maximum atomic E-state index is 10.4. The van der Waals surface area contributed by atoms with Crippen molar-refractivity contribution in [1.29, 1.82) is 0 Å². The molecular weight excluding hydrogens is 301 g/mol. The van der Waals surface area contributed by atoms with E-state index in [2.05, 4.69) is 13.0 Å². The number of ketones is 1. The molecule has 0 amide bonds. The third-order valence-corrected chi connectivity index (χ3v) is 1.75. The van der Waals surface area contributed by atoms with Gasteiger partial charge in [-0.15, -0.1) is 0 Å². The van der Waals surface area contributed by atoms with E-state index in [1.807, 2.05) is 48.5 Å². The van der Waals surface area contributed by atoms with Crippen molar-refractivity contribution < 1.29 is 42.2 Å². The Morgan fingerprint density at radius 3 is 2.00 bits per heavy atom. The predicted molar refractivity (Wildman–Crippen MR) is 67.6 cm³/mol. The van der Waals surface area contributed by atoms with Crippen LogP contribution in [0.1, 0.15) is 0 Å². The zero-order valence-electron chi connectivity index (χ0n) is 10.1. The van der Waals surface area contributed by atoms with Gasteiger partial charge >= 0.3 is 0 Å². The Kier molecular flexibility index (Phi) is 10.3. The van der Waals surface area contributed by atoms with Gasteiger partial charge in [0.05, 0.1) is 0 Å². The molecule has 0 fully saturated rings. The van der Waals surface area contributed by atoms with E-state index in [9.17, 15) is 4.79 Å². The molecule has 2 rings (SSSR count). The topological polar surface area (TPSA) is 26.3 Å². The molecule has 0 aliphatic rings. The zero-order valence-corrected chi connectivity index (χ0v) is 12.9. The molecule has 91 valence electrons. The average Bonchev–Trinajstić information content (AvgIpc) is 2.40. The molecule has 0 bridgehead atoms. The molecule has 0 heterocycles. The summed E-state index contributed by atoms with van der Waals surface area (Å²) in [4.78, 5) is 10.4. The number of carbonyl (C=O) groups is 1. The monoisotopic (exact) mass is 315 g/mol. The summed E-state index contributed by atoms with van der Waals surface area (Å²) in [5, 5.41) is 0. The van der Waals surface area contributed by atoms with Crippen LogP contribution in [0.5, 0.6) is 5.75 Å². The van der Waals surface area contributed by atoms with Crippen molar-refractivity contribution in [2.45, 2.75) is 0 Å². The minimum atomic E-state index is -0.214. The molecule has 2 aromatic rings. The molecule has 0 atom stereocenters. The van der Waals surface area contributed by atoms with E-state index in [1.165, 1.54) is 0 Å². The van der Waals surface area contributed by atoms with Crippen LogP contribution < -0.4 is 4.74 Å². The number of benzene rings is 2. The van der Waals surface area contributed by atoms with Crippen molar-refractivity contribution in [3.05, 3.63) is 73.7 Å². The molecule has 18 heavy (non-hydrogen) atoms. The van der Waals surface area contributed by atoms with E-state index in [-0.39, 0.29) is 45.1 Å². The van der Waals surface area contributed by atoms with Crippen LogP contribution in [-0.4, -0.2) is 12.4 Å². The van der Waals surface area contributed by atoms with Crippen LogP contribution in [-0.2, 0) is 37.5 Å². The normalized spacial score (nSPS) is 8.22. The number of Topliss-reactive ketones (excluding diaryl/α,β-unsaturated/α-hetero) is 1. The van der Waals surface area contributed by atoms with Crippen molar-refractivity contribution in [2.75, 3.05) is 6.61 Å². The Morgan fingerprint density at radius 2 is 1.61 bits per heavy atom. The summed E-state index contributed by atoms with van der Waals surface area (Å²) < 4.78 is 5.06. The van der Waals surface area contributed by atoms with Crippen molar-refractivity contribution >= 4 is 5.78 Å². The van der Waals surface area contributed by atoms with Gasteiger partial charge in [-0.1, -0.05) is 18.2 Å². The third kappa shape index (κ3) is 8.97. The summed E-state index contributed by atoms with van der Waals surface area (Å²) >= 11 is 0. The van der Waals surface area contributed by atoms with E-state index in [4.69, 9.17) is 4.74 Å². The van der Waals surface area contributed by atoms with Crippen LogP contribution in [0.3, 0.4) is 0 Å². The fourth-order valence-corrected chi connectivity index (χ4v) is 1.02. The van der Waals surface area contributed by atoms with E-state index < -0.39 is 0 Å². The zero-order chi connectivity index (χ0) is 12.3. The Hall–Kier alpha value is -1.12. The third-order valence-electron chi connectivity index (χ3n) is 1.75. The maximum absolute atomic E-state index is 10.4. The second kappa shape index (κ2) is 11.0. The summed E-state index contributed by atoms with van der Waals surface area (Å²) in [6, 6.07) is 21.7. The first kappa shape index (κ1) is 16.9. The van der Waals surface area contributed by atoms with Crippen molar-refractivity contribution in [2.24, 2.45) is 0 Å². The summed E-state index contributed by atoms with van der Waals surface area (Å²) in [6.45, 7) is 3.24. The van der Waals surface area contributed by atoms with Gasteiger partial charge in [0, 0.05) is 38.5 Å². The molecule has 0 unspecified atom stereocenters. The van der Waals surface area contributed by atoms with Crippen LogP contribution in [0.25, 0.3) is 0 Å². The molecule has 0 N–H and O–H groups in total. The van der Waals surface area contributed by atoms with Gasteiger partial charge in [0.2, 0.25) is 0 Å². The molecule has 0 saturated heterocycles. The quantitative estimate of drug-likeness (QED) is 0.814. The van der Waals surface area contributed by atoms with Crippen LogP contribution in [0.15, 0.2) is 60.7 Å². The summed E-state index contributed by atoms with van der Waals surface area (Å²) in [5.41, 5.74) is 0. The second-order valence-electron chi connectivity index (χ2n) is 3.22. The molecule has 0 aromatic heterocycles. The number of ether oxygens (including phenoxy) is 1.